The molecule has 3 heterocycles. The summed E-state index contributed by atoms with van der Waals surface area (Å²) in [4.78, 5) is 30.3. The van der Waals surface area contributed by atoms with Gasteiger partial charge in [-0.3, -0.25) is 9.78 Å². The number of rotatable bonds is 3. The zero-order chi connectivity index (χ0) is 16.4. The van der Waals surface area contributed by atoms with Crippen molar-refractivity contribution < 1.29 is 9.21 Å². The molecule has 0 spiro atoms. The molecule has 2 atom stereocenters. The molecule has 122 valence electrons. The van der Waals surface area contributed by atoms with Crippen molar-refractivity contribution in [3.8, 4) is 11.5 Å². The van der Waals surface area contributed by atoms with Crippen LogP contribution in [0, 0.1) is 0 Å². The quantitative estimate of drug-likeness (QED) is 0.860. The summed E-state index contributed by atoms with van der Waals surface area (Å²) in [6.45, 7) is 3.99. The summed E-state index contributed by atoms with van der Waals surface area (Å²) in [5.74, 6) is -0.520. The molecule has 23 heavy (non-hydrogen) atoms. The Kier molecular flexibility index (Phi) is 4.27. The van der Waals surface area contributed by atoms with Gasteiger partial charge in [-0.25, -0.2) is 4.79 Å². The molecule has 1 amide bonds. The standard InChI is InChI=1S/C16H20N4O3/c1-11-4-3-5-12(2)20(11)14(21)10-19-16(22)23-15(18-19)13-6-8-17-9-7-13/h6-9,11-12H,3-5,10H2,1-2H3. The van der Waals surface area contributed by atoms with Crippen molar-refractivity contribution in [3.63, 3.8) is 0 Å². The van der Waals surface area contributed by atoms with E-state index in [1.807, 2.05) is 18.7 Å². The predicted octanol–water partition coefficient (Wildman–Crippen LogP) is 1.69. The highest BCUT2D eigenvalue weighted by molar-refractivity contribution is 5.76. The molecule has 2 unspecified atom stereocenters. The molecule has 7 heteroatoms. The predicted molar refractivity (Wildman–Crippen MR) is 83.6 cm³/mol. The number of pyridine rings is 1. The van der Waals surface area contributed by atoms with Crippen LogP contribution in [0.25, 0.3) is 11.5 Å². The first-order valence-corrected chi connectivity index (χ1v) is 7.86. The third kappa shape index (κ3) is 3.18. The third-order valence-corrected chi connectivity index (χ3v) is 4.30. The van der Waals surface area contributed by atoms with Gasteiger partial charge in [0.2, 0.25) is 11.8 Å². The summed E-state index contributed by atoms with van der Waals surface area (Å²) in [5.41, 5.74) is 0.656. The summed E-state index contributed by atoms with van der Waals surface area (Å²) >= 11 is 0. The molecule has 0 saturated carbocycles. The van der Waals surface area contributed by atoms with Gasteiger partial charge in [0.1, 0.15) is 6.54 Å². The number of likely N-dealkylation sites (tertiary alicyclic amines) is 1. The second-order valence-corrected chi connectivity index (χ2v) is 6.00. The molecule has 0 bridgehead atoms. The second-order valence-electron chi connectivity index (χ2n) is 6.00. The number of nitrogens with zero attached hydrogens (tertiary/aromatic N) is 4. The lowest BCUT2D eigenvalue weighted by Crippen LogP contribution is -2.49. The van der Waals surface area contributed by atoms with Crippen molar-refractivity contribution in [3.05, 3.63) is 35.1 Å². The molecule has 2 aromatic rings. The van der Waals surface area contributed by atoms with Crippen molar-refractivity contribution in [1.82, 2.24) is 19.7 Å². The van der Waals surface area contributed by atoms with E-state index in [2.05, 4.69) is 10.1 Å². The van der Waals surface area contributed by atoms with Crippen LogP contribution in [0.15, 0.2) is 33.7 Å². The van der Waals surface area contributed by atoms with E-state index in [-0.39, 0.29) is 30.4 Å². The van der Waals surface area contributed by atoms with Crippen LogP contribution in [-0.2, 0) is 11.3 Å². The minimum atomic E-state index is -0.623. The van der Waals surface area contributed by atoms with Crippen LogP contribution in [0.1, 0.15) is 33.1 Å². The fourth-order valence-electron chi connectivity index (χ4n) is 3.14. The van der Waals surface area contributed by atoms with E-state index in [0.717, 1.165) is 23.9 Å². The molecule has 1 aliphatic heterocycles. The summed E-state index contributed by atoms with van der Waals surface area (Å²) in [6.07, 6.45) is 6.30. The number of carbonyl (C=O) groups is 1. The van der Waals surface area contributed by atoms with Gasteiger partial charge < -0.3 is 9.32 Å². The molecule has 2 aromatic heterocycles. The normalized spacial score (nSPS) is 21.4. The molecule has 1 fully saturated rings. The summed E-state index contributed by atoms with van der Waals surface area (Å²) in [7, 11) is 0. The van der Waals surface area contributed by atoms with Gasteiger partial charge in [-0.1, -0.05) is 0 Å². The van der Waals surface area contributed by atoms with Gasteiger partial charge in [0, 0.05) is 30.0 Å². The minimum absolute atomic E-state index is 0.0951. The Hall–Kier alpha value is -2.44. The van der Waals surface area contributed by atoms with Crippen molar-refractivity contribution >= 4 is 5.91 Å². The molecular weight excluding hydrogens is 296 g/mol. The molecule has 0 radical (unpaired) electrons. The van der Waals surface area contributed by atoms with Gasteiger partial charge >= 0.3 is 5.76 Å². The highest BCUT2D eigenvalue weighted by atomic mass is 16.4. The number of hydrogen-bond donors (Lipinski definition) is 0. The van der Waals surface area contributed by atoms with E-state index in [4.69, 9.17) is 4.42 Å². The van der Waals surface area contributed by atoms with Gasteiger partial charge in [-0.05, 0) is 45.2 Å². The number of hydrogen-bond acceptors (Lipinski definition) is 5. The Morgan fingerprint density at radius 2 is 1.91 bits per heavy atom. The summed E-state index contributed by atoms with van der Waals surface area (Å²) < 4.78 is 6.23. The van der Waals surface area contributed by atoms with Crippen molar-refractivity contribution in [1.29, 1.82) is 0 Å². The summed E-state index contributed by atoms with van der Waals surface area (Å²) in [5, 5.41) is 4.13. The Morgan fingerprint density at radius 3 is 2.57 bits per heavy atom. The molecule has 1 aliphatic rings. The Morgan fingerprint density at radius 1 is 1.26 bits per heavy atom. The molecule has 0 N–H and O–H groups in total. The first-order valence-electron chi connectivity index (χ1n) is 7.86. The molecule has 7 nitrogen and oxygen atoms in total. The monoisotopic (exact) mass is 316 g/mol. The zero-order valence-electron chi connectivity index (χ0n) is 13.3. The van der Waals surface area contributed by atoms with E-state index in [9.17, 15) is 9.59 Å². The van der Waals surface area contributed by atoms with Gasteiger partial charge in [-0.15, -0.1) is 5.10 Å². The third-order valence-electron chi connectivity index (χ3n) is 4.30. The van der Waals surface area contributed by atoms with Gasteiger partial charge in [-0.2, -0.15) is 4.68 Å². The largest absolute Gasteiger partial charge is 0.437 e. The Labute approximate surface area is 133 Å². The fourth-order valence-corrected chi connectivity index (χ4v) is 3.14. The number of aromatic nitrogens is 3. The summed E-state index contributed by atoms with van der Waals surface area (Å²) in [6, 6.07) is 3.78. The van der Waals surface area contributed by atoms with Gasteiger partial charge in [0.05, 0.1) is 0 Å². The highest BCUT2D eigenvalue weighted by Crippen LogP contribution is 2.22. The van der Waals surface area contributed by atoms with Gasteiger partial charge in [0.15, 0.2) is 0 Å². The van der Waals surface area contributed by atoms with E-state index in [0.29, 0.717) is 5.56 Å². The average Bonchev–Trinajstić information content (AvgIpc) is 2.89. The topological polar surface area (TPSA) is 81.2 Å². The zero-order valence-corrected chi connectivity index (χ0v) is 13.3. The lowest BCUT2D eigenvalue weighted by molar-refractivity contribution is -0.138. The first kappa shape index (κ1) is 15.5. The van der Waals surface area contributed by atoms with Crippen molar-refractivity contribution in [2.24, 2.45) is 0 Å². The minimum Gasteiger partial charge on any atom is -0.388 e. The first-order chi connectivity index (χ1) is 11.1. The van der Waals surface area contributed by atoms with E-state index in [1.54, 1.807) is 24.5 Å². The van der Waals surface area contributed by atoms with Crippen LogP contribution >= 0.6 is 0 Å². The number of amides is 1. The van der Waals surface area contributed by atoms with Crippen molar-refractivity contribution in [2.45, 2.75) is 51.7 Å². The Bertz CT molecular complexity index is 727. The molecule has 3 rings (SSSR count). The highest BCUT2D eigenvalue weighted by Gasteiger charge is 2.29. The second kappa shape index (κ2) is 6.36. The van der Waals surface area contributed by atoms with Crippen LogP contribution in [-0.4, -0.2) is 37.7 Å². The van der Waals surface area contributed by atoms with E-state index >= 15 is 0 Å². The fraction of sp³-hybridized carbons (Fsp3) is 0.500. The maximum absolute atomic E-state index is 12.6. The number of piperidine rings is 1. The molecule has 1 saturated heterocycles. The van der Waals surface area contributed by atoms with E-state index in [1.165, 1.54) is 0 Å². The SMILES string of the molecule is CC1CCCC(C)N1C(=O)Cn1nc(-c2ccncc2)oc1=O. The Balaban J connectivity index is 1.79. The molecule has 0 aliphatic carbocycles. The van der Waals surface area contributed by atoms with Crippen LogP contribution in [0.2, 0.25) is 0 Å². The van der Waals surface area contributed by atoms with Crippen LogP contribution in [0.3, 0.4) is 0 Å². The van der Waals surface area contributed by atoms with Crippen molar-refractivity contribution in [2.75, 3.05) is 0 Å². The maximum Gasteiger partial charge on any atom is 0.437 e. The van der Waals surface area contributed by atoms with Crippen LogP contribution in [0.5, 0.6) is 0 Å². The van der Waals surface area contributed by atoms with Crippen LogP contribution in [0.4, 0.5) is 0 Å². The molecule has 0 aromatic carbocycles. The maximum atomic E-state index is 12.6. The smallest absolute Gasteiger partial charge is 0.388 e. The average molecular weight is 316 g/mol. The lowest BCUT2D eigenvalue weighted by Gasteiger charge is -2.38. The van der Waals surface area contributed by atoms with Gasteiger partial charge in [0.25, 0.3) is 0 Å². The van der Waals surface area contributed by atoms with E-state index < -0.39 is 5.76 Å². The molecular formula is C16H20N4O3. The lowest BCUT2D eigenvalue weighted by atomic mass is 9.97. The van der Waals surface area contributed by atoms with Crippen LogP contribution < -0.4 is 5.76 Å². The number of carbonyl (C=O) groups excluding carboxylic acids is 1.